The van der Waals surface area contributed by atoms with E-state index in [0.717, 1.165) is 25.7 Å². The molecule has 0 fully saturated rings. The van der Waals surface area contributed by atoms with Crippen molar-refractivity contribution in [2.45, 2.75) is 65.3 Å². The number of amides is 1. The highest BCUT2D eigenvalue weighted by Crippen LogP contribution is 2.08. The van der Waals surface area contributed by atoms with E-state index in [9.17, 15) is 9.59 Å². The highest BCUT2D eigenvalue weighted by atomic mass is 16.5. The van der Waals surface area contributed by atoms with E-state index in [-0.39, 0.29) is 11.9 Å². The van der Waals surface area contributed by atoms with E-state index in [1.807, 2.05) is 13.8 Å². The van der Waals surface area contributed by atoms with Crippen LogP contribution in [-0.2, 0) is 14.3 Å². The summed E-state index contributed by atoms with van der Waals surface area (Å²) in [6.45, 7) is 6.17. The summed E-state index contributed by atoms with van der Waals surface area (Å²) < 4.78 is 4.70. The van der Waals surface area contributed by atoms with E-state index in [0.29, 0.717) is 18.8 Å². The summed E-state index contributed by atoms with van der Waals surface area (Å²) in [5, 5.41) is 2.76. The predicted molar refractivity (Wildman–Crippen MR) is 72.2 cm³/mol. The van der Waals surface area contributed by atoms with Gasteiger partial charge in [-0.2, -0.15) is 0 Å². The van der Waals surface area contributed by atoms with E-state index in [1.54, 1.807) is 0 Å². The zero-order chi connectivity index (χ0) is 14.0. The van der Waals surface area contributed by atoms with Gasteiger partial charge in [-0.05, 0) is 18.8 Å². The summed E-state index contributed by atoms with van der Waals surface area (Å²) in [6, 6.07) is -0.506. The average molecular weight is 257 g/mol. The lowest BCUT2D eigenvalue weighted by molar-refractivity contribution is -0.145. The Labute approximate surface area is 110 Å². The zero-order valence-corrected chi connectivity index (χ0v) is 12.1. The van der Waals surface area contributed by atoms with Gasteiger partial charge < -0.3 is 10.1 Å². The number of esters is 1. The first-order valence-corrected chi connectivity index (χ1v) is 6.88. The molecule has 0 aliphatic rings. The van der Waals surface area contributed by atoms with Crippen LogP contribution in [0.5, 0.6) is 0 Å². The van der Waals surface area contributed by atoms with Crippen molar-refractivity contribution < 1.29 is 14.3 Å². The summed E-state index contributed by atoms with van der Waals surface area (Å²) >= 11 is 0. The van der Waals surface area contributed by atoms with Crippen molar-refractivity contribution in [3.63, 3.8) is 0 Å². The Morgan fingerprint density at radius 2 is 1.83 bits per heavy atom. The molecule has 0 rings (SSSR count). The quantitative estimate of drug-likeness (QED) is 0.510. The van der Waals surface area contributed by atoms with Crippen molar-refractivity contribution in [3.05, 3.63) is 0 Å². The van der Waals surface area contributed by atoms with Crippen molar-refractivity contribution in [3.8, 4) is 0 Å². The fourth-order valence-electron chi connectivity index (χ4n) is 1.81. The molecule has 0 aromatic carbocycles. The Morgan fingerprint density at radius 3 is 2.33 bits per heavy atom. The number of rotatable bonds is 9. The van der Waals surface area contributed by atoms with Crippen molar-refractivity contribution in [1.29, 1.82) is 0 Å². The molecule has 0 aromatic rings. The van der Waals surface area contributed by atoms with Gasteiger partial charge in [0, 0.05) is 6.42 Å². The fraction of sp³-hybridized carbons (Fsp3) is 0.857. The highest BCUT2D eigenvalue weighted by molar-refractivity contribution is 5.84. The third-order valence-corrected chi connectivity index (χ3v) is 2.79. The van der Waals surface area contributed by atoms with E-state index >= 15 is 0 Å². The number of hydrogen-bond donors (Lipinski definition) is 1. The summed E-state index contributed by atoms with van der Waals surface area (Å²) in [6.07, 6.45) is 5.37. The molecule has 0 radical (unpaired) electrons. The summed E-state index contributed by atoms with van der Waals surface area (Å²) in [5.74, 6) is -0.0674. The van der Waals surface area contributed by atoms with Crippen LogP contribution in [0.15, 0.2) is 0 Å². The van der Waals surface area contributed by atoms with Crippen LogP contribution in [0, 0.1) is 5.92 Å². The molecular formula is C14H27NO3. The van der Waals surface area contributed by atoms with Gasteiger partial charge in [-0.15, -0.1) is 0 Å². The van der Waals surface area contributed by atoms with Crippen molar-refractivity contribution >= 4 is 11.9 Å². The molecule has 1 N–H and O–H groups in total. The lowest BCUT2D eigenvalue weighted by Gasteiger charge is -2.18. The van der Waals surface area contributed by atoms with E-state index in [2.05, 4.69) is 12.2 Å². The topological polar surface area (TPSA) is 55.4 Å². The van der Waals surface area contributed by atoms with Gasteiger partial charge in [0.05, 0.1) is 7.11 Å². The second kappa shape index (κ2) is 9.92. The van der Waals surface area contributed by atoms with Gasteiger partial charge in [0.25, 0.3) is 0 Å². The maximum absolute atomic E-state index is 11.7. The van der Waals surface area contributed by atoms with Gasteiger partial charge >= 0.3 is 5.97 Å². The van der Waals surface area contributed by atoms with Crippen LogP contribution < -0.4 is 5.32 Å². The van der Waals surface area contributed by atoms with Crippen LogP contribution in [0.2, 0.25) is 0 Å². The van der Waals surface area contributed by atoms with Crippen LogP contribution in [0.25, 0.3) is 0 Å². The van der Waals surface area contributed by atoms with Gasteiger partial charge in [0.15, 0.2) is 0 Å². The molecule has 18 heavy (non-hydrogen) atoms. The molecule has 0 aliphatic carbocycles. The minimum Gasteiger partial charge on any atom is -0.467 e. The highest BCUT2D eigenvalue weighted by Gasteiger charge is 2.22. The van der Waals surface area contributed by atoms with Crippen LogP contribution in [0.1, 0.15) is 59.3 Å². The molecule has 4 nitrogen and oxygen atoms in total. The largest absolute Gasteiger partial charge is 0.467 e. The lowest BCUT2D eigenvalue weighted by atomic mass is 10.0. The lowest BCUT2D eigenvalue weighted by Crippen LogP contribution is -2.42. The molecule has 0 spiro atoms. The number of unbranched alkanes of at least 4 members (excludes halogenated alkanes) is 3. The normalized spacial score (nSPS) is 12.3. The molecule has 0 aliphatic heterocycles. The minimum absolute atomic E-state index is 0.0536. The van der Waals surface area contributed by atoms with Crippen LogP contribution in [0.3, 0.4) is 0 Å². The number of hydrogen-bond acceptors (Lipinski definition) is 3. The molecule has 1 amide bonds. The molecule has 0 aromatic heterocycles. The number of carbonyl (C=O) groups excluding carboxylic acids is 2. The Kier molecular flexibility index (Phi) is 9.33. The van der Waals surface area contributed by atoms with Gasteiger partial charge in [0.1, 0.15) is 6.04 Å². The van der Waals surface area contributed by atoms with Gasteiger partial charge in [-0.1, -0.05) is 40.0 Å². The summed E-state index contributed by atoms with van der Waals surface area (Å²) in [5.41, 5.74) is 0. The first-order valence-electron chi connectivity index (χ1n) is 6.88. The fourth-order valence-corrected chi connectivity index (χ4v) is 1.81. The number of carbonyl (C=O) groups is 2. The molecule has 1 atom stereocenters. The van der Waals surface area contributed by atoms with E-state index in [1.165, 1.54) is 7.11 Å². The third kappa shape index (κ3) is 8.09. The molecule has 0 bridgehead atoms. The first-order chi connectivity index (χ1) is 8.51. The Morgan fingerprint density at radius 1 is 1.17 bits per heavy atom. The second-order valence-electron chi connectivity index (χ2n) is 5.08. The average Bonchev–Trinajstić information content (AvgIpc) is 2.32. The Balaban J connectivity index is 4.06. The molecule has 106 valence electrons. The van der Waals surface area contributed by atoms with Gasteiger partial charge in [0.2, 0.25) is 5.91 Å². The third-order valence-electron chi connectivity index (χ3n) is 2.79. The van der Waals surface area contributed by atoms with Crippen LogP contribution in [0.4, 0.5) is 0 Å². The van der Waals surface area contributed by atoms with Crippen LogP contribution in [-0.4, -0.2) is 25.0 Å². The summed E-state index contributed by atoms with van der Waals surface area (Å²) in [4.78, 5) is 23.2. The first kappa shape index (κ1) is 16.9. The second-order valence-corrected chi connectivity index (χ2v) is 5.08. The summed E-state index contributed by atoms with van der Waals surface area (Å²) in [7, 11) is 1.35. The van der Waals surface area contributed by atoms with E-state index in [4.69, 9.17) is 4.74 Å². The van der Waals surface area contributed by atoms with E-state index < -0.39 is 6.04 Å². The molecule has 4 heteroatoms. The van der Waals surface area contributed by atoms with Crippen LogP contribution >= 0.6 is 0 Å². The predicted octanol–water partition coefficient (Wildman–Crippen LogP) is 2.66. The van der Waals surface area contributed by atoms with Crippen molar-refractivity contribution in [2.75, 3.05) is 7.11 Å². The smallest absolute Gasteiger partial charge is 0.328 e. The molecule has 0 saturated carbocycles. The van der Waals surface area contributed by atoms with Crippen molar-refractivity contribution in [1.82, 2.24) is 5.32 Å². The SMILES string of the molecule is CCCCCCC(=O)NC(CC(C)C)C(=O)OC. The Hall–Kier alpha value is -1.06. The molecule has 0 saturated heterocycles. The molecular weight excluding hydrogens is 230 g/mol. The number of nitrogens with one attached hydrogen (secondary N) is 1. The standard InChI is InChI=1S/C14H27NO3/c1-5-6-7-8-9-13(16)15-12(10-11(2)3)14(17)18-4/h11-12H,5-10H2,1-4H3,(H,15,16). The van der Waals surface area contributed by atoms with Crippen molar-refractivity contribution in [2.24, 2.45) is 5.92 Å². The maximum Gasteiger partial charge on any atom is 0.328 e. The molecule has 1 unspecified atom stereocenters. The molecule has 0 heterocycles. The van der Waals surface area contributed by atoms with Gasteiger partial charge in [-0.3, -0.25) is 4.79 Å². The Bertz CT molecular complexity index is 251. The number of methoxy groups -OCH3 is 1. The maximum atomic E-state index is 11.7. The zero-order valence-electron chi connectivity index (χ0n) is 12.1. The number of ether oxygens (including phenoxy) is 1. The minimum atomic E-state index is -0.506. The monoisotopic (exact) mass is 257 g/mol. The van der Waals surface area contributed by atoms with Gasteiger partial charge in [-0.25, -0.2) is 4.79 Å².